The Labute approximate surface area is 187 Å². The van der Waals surface area contributed by atoms with E-state index in [1.165, 1.54) is 0 Å². The highest BCUT2D eigenvalue weighted by atomic mass is 32.2. The van der Waals surface area contributed by atoms with Crippen molar-refractivity contribution in [1.82, 2.24) is 4.98 Å². The summed E-state index contributed by atoms with van der Waals surface area (Å²) in [6, 6.07) is 16.3. The van der Waals surface area contributed by atoms with Crippen LogP contribution in [0.15, 0.2) is 68.9 Å². The summed E-state index contributed by atoms with van der Waals surface area (Å²) in [7, 11) is -3.90. The van der Waals surface area contributed by atoms with Crippen LogP contribution in [0.5, 0.6) is 0 Å². The molecule has 0 aliphatic carbocycles. The van der Waals surface area contributed by atoms with E-state index in [4.69, 9.17) is 10.2 Å². The summed E-state index contributed by atoms with van der Waals surface area (Å²) in [5.74, 6) is -0.155. The molecule has 2 aromatic carbocycles. The van der Waals surface area contributed by atoms with Crippen LogP contribution in [0.25, 0.3) is 12.2 Å². The molecule has 0 radical (unpaired) electrons. The van der Waals surface area contributed by atoms with Gasteiger partial charge in [-0.05, 0) is 43.5 Å². The molecule has 0 bridgehead atoms. The van der Waals surface area contributed by atoms with Gasteiger partial charge < -0.3 is 15.1 Å². The molecule has 8 heteroatoms. The molecule has 0 unspecified atom stereocenters. The number of carbonyl (C=O) groups excluding carboxylic acids is 1. The zero-order chi connectivity index (χ0) is 22.7. The fourth-order valence-corrected chi connectivity index (χ4v) is 5.02. The van der Waals surface area contributed by atoms with E-state index in [1.807, 2.05) is 48.2 Å². The molecule has 166 valence electrons. The van der Waals surface area contributed by atoms with E-state index >= 15 is 0 Å². The molecule has 1 aromatic heterocycles. The third kappa shape index (κ3) is 4.60. The summed E-state index contributed by atoms with van der Waals surface area (Å²) in [6.45, 7) is 2.81. The van der Waals surface area contributed by atoms with Gasteiger partial charge in [0.25, 0.3) is 0 Å². The number of nitrogens with zero attached hydrogens (tertiary/aromatic N) is 2. The van der Waals surface area contributed by atoms with Gasteiger partial charge in [-0.2, -0.15) is 4.98 Å². The Morgan fingerprint density at radius 3 is 2.34 bits per heavy atom. The van der Waals surface area contributed by atoms with Crippen molar-refractivity contribution in [2.75, 3.05) is 18.0 Å². The number of primary amides is 1. The summed E-state index contributed by atoms with van der Waals surface area (Å²) >= 11 is 0. The fraction of sp³-hybridized carbons (Fsp3) is 0.250. The number of nitrogens with two attached hydrogens (primary N) is 1. The summed E-state index contributed by atoms with van der Waals surface area (Å²) < 4.78 is 32.8. The van der Waals surface area contributed by atoms with Crippen LogP contribution in [0.2, 0.25) is 0 Å². The number of piperidine rings is 1. The van der Waals surface area contributed by atoms with Crippen LogP contribution in [0.3, 0.4) is 0 Å². The van der Waals surface area contributed by atoms with Crippen LogP contribution in [0.4, 0.5) is 5.88 Å². The minimum Gasteiger partial charge on any atom is -0.420 e. The number of aryl methyl sites for hydroxylation is 1. The van der Waals surface area contributed by atoms with Crippen molar-refractivity contribution in [3.8, 4) is 0 Å². The molecule has 0 saturated carbocycles. The van der Waals surface area contributed by atoms with E-state index in [9.17, 15) is 13.2 Å². The zero-order valence-corrected chi connectivity index (χ0v) is 18.6. The Bertz CT molecular complexity index is 1220. The second kappa shape index (κ2) is 9.00. The van der Waals surface area contributed by atoms with E-state index in [0.717, 1.165) is 11.1 Å². The number of aromatic nitrogens is 1. The van der Waals surface area contributed by atoms with Gasteiger partial charge >= 0.3 is 0 Å². The van der Waals surface area contributed by atoms with Crippen LogP contribution in [-0.4, -0.2) is 32.4 Å². The molecule has 1 aliphatic heterocycles. The summed E-state index contributed by atoms with van der Waals surface area (Å²) in [5, 5.41) is -0.119. The topological polar surface area (TPSA) is 106 Å². The molecule has 4 rings (SSSR count). The maximum atomic E-state index is 13.4. The molecule has 1 aliphatic rings. The van der Waals surface area contributed by atoms with Crippen molar-refractivity contribution in [1.29, 1.82) is 0 Å². The third-order valence-corrected chi connectivity index (χ3v) is 7.25. The zero-order valence-electron chi connectivity index (χ0n) is 17.8. The number of hydrogen-bond acceptors (Lipinski definition) is 6. The smallest absolute Gasteiger partial charge is 0.236 e. The number of sulfone groups is 1. The normalized spacial score (nSPS) is 15.3. The van der Waals surface area contributed by atoms with E-state index < -0.39 is 9.84 Å². The molecule has 1 saturated heterocycles. The second-order valence-electron chi connectivity index (χ2n) is 7.89. The Balaban J connectivity index is 1.71. The monoisotopic (exact) mass is 451 g/mol. The Hall–Kier alpha value is -3.39. The van der Waals surface area contributed by atoms with Crippen molar-refractivity contribution in [2.45, 2.75) is 29.7 Å². The fourth-order valence-electron chi connectivity index (χ4n) is 3.69. The first-order valence-corrected chi connectivity index (χ1v) is 11.9. The maximum Gasteiger partial charge on any atom is 0.236 e. The highest BCUT2D eigenvalue weighted by Crippen LogP contribution is 2.34. The van der Waals surface area contributed by atoms with Gasteiger partial charge in [0.1, 0.15) is 0 Å². The highest BCUT2D eigenvalue weighted by molar-refractivity contribution is 7.91. The lowest BCUT2D eigenvalue weighted by atomic mass is 9.96. The van der Waals surface area contributed by atoms with Gasteiger partial charge in [0, 0.05) is 25.1 Å². The number of amides is 1. The van der Waals surface area contributed by atoms with Gasteiger partial charge in [0.15, 0.2) is 0 Å². The van der Waals surface area contributed by atoms with Crippen molar-refractivity contribution in [2.24, 2.45) is 11.7 Å². The van der Waals surface area contributed by atoms with E-state index in [2.05, 4.69) is 4.98 Å². The lowest BCUT2D eigenvalue weighted by Crippen LogP contribution is -2.38. The first kappa shape index (κ1) is 21.8. The number of benzene rings is 2. The lowest BCUT2D eigenvalue weighted by Gasteiger charge is -2.30. The number of rotatable bonds is 6. The van der Waals surface area contributed by atoms with Gasteiger partial charge in [-0.1, -0.05) is 48.0 Å². The largest absolute Gasteiger partial charge is 0.420 e. The predicted molar refractivity (Wildman–Crippen MR) is 123 cm³/mol. The van der Waals surface area contributed by atoms with Gasteiger partial charge in [0.2, 0.25) is 32.5 Å². The molecule has 0 spiro atoms. The minimum atomic E-state index is -3.90. The molecule has 32 heavy (non-hydrogen) atoms. The second-order valence-corrected chi connectivity index (χ2v) is 9.75. The van der Waals surface area contributed by atoms with Crippen molar-refractivity contribution in [3.05, 3.63) is 71.6 Å². The van der Waals surface area contributed by atoms with Gasteiger partial charge in [-0.25, -0.2) is 8.42 Å². The van der Waals surface area contributed by atoms with Crippen LogP contribution in [0.1, 0.15) is 29.9 Å². The minimum absolute atomic E-state index is 0.119. The van der Waals surface area contributed by atoms with Crippen LogP contribution >= 0.6 is 0 Å². The highest BCUT2D eigenvalue weighted by Gasteiger charge is 2.33. The summed E-state index contributed by atoms with van der Waals surface area (Å²) in [4.78, 5) is 17.9. The van der Waals surface area contributed by atoms with Crippen molar-refractivity contribution in [3.63, 3.8) is 0 Å². The molecular weight excluding hydrogens is 426 g/mol. The number of oxazole rings is 1. The molecule has 0 atom stereocenters. The molecule has 3 aromatic rings. The van der Waals surface area contributed by atoms with E-state index in [1.54, 1.807) is 30.3 Å². The van der Waals surface area contributed by atoms with Crippen molar-refractivity contribution >= 4 is 33.8 Å². The van der Waals surface area contributed by atoms with Crippen LogP contribution in [0, 0.1) is 12.8 Å². The van der Waals surface area contributed by atoms with Gasteiger partial charge in [-0.3, -0.25) is 4.79 Å². The van der Waals surface area contributed by atoms with Crippen molar-refractivity contribution < 1.29 is 17.6 Å². The summed E-state index contributed by atoms with van der Waals surface area (Å²) in [6.07, 6.45) is 4.55. The standard InChI is InChI=1S/C24H25N3O4S/c1-17-7-10-20(11-8-17)32(29,30)23-24(27-15-13-19(14-16-27)22(25)28)31-21(26-23)12-9-18-5-3-2-4-6-18/h2-12,19H,13-16H2,1H3,(H2,25,28)/b12-9+. The Kier molecular flexibility index (Phi) is 6.14. The first-order valence-electron chi connectivity index (χ1n) is 10.4. The number of anilines is 1. The SMILES string of the molecule is Cc1ccc(S(=O)(=O)c2nc(/C=C/c3ccccc3)oc2N2CCC(C(N)=O)CC2)cc1. The number of hydrogen-bond donors (Lipinski definition) is 1. The van der Waals surface area contributed by atoms with Crippen LogP contribution in [-0.2, 0) is 14.6 Å². The molecular formula is C24H25N3O4S. The molecule has 2 N–H and O–H groups in total. The quantitative estimate of drug-likeness (QED) is 0.613. The average Bonchev–Trinajstić information content (AvgIpc) is 3.24. The predicted octanol–water partition coefficient (Wildman–Crippen LogP) is 3.69. The maximum absolute atomic E-state index is 13.4. The molecule has 2 heterocycles. The molecule has 1 amide bonds. The Morgan fingerprint density at radius 1 is 1.06 bits per heavy atom. The van der Waals surface area contributed by atoms with E-state index in [-0.39, 0.29) is 33.5 Å². The van der Waals surface area contributed by atoms with Gasteiger partial charge in [-0.15, -0.1) is 0 Å². The Morgan fingerprint density at radius 2 is 1.72 bits per heavy atom. The van der Waals surface area contributed by atoms with E-state index in [0.29, 0.717) is 25.9 Å². The summed E-state index contributed by atoms with van der Waals surface area (Å²) in [5.41, 5.74) is 7.34. The molecule has 7 nitrogen and oxygen atoms in total. The first-order chi connectivity index (χ1) is 15.3. The average molecular weight is 452 g/mol. The van der Waals surface area contributed by atoms with Gasteiger partial charge in [0.05, 0.1) is 4.90 Å². The third-order valence-electron chi connectivity index (χ3n) is 5.58. The lowest BCUT2D eigenvalue weighted by molar-refractivity contribution is -0.122. The van der Waals surface area contributed by atoms with Crippen LogP contribution < -0.4 is 10.6 Å². The molecule has 1 fully saturated rings. The number of carbonyl (C=O) groups is 1.